The Labute approximate surface area is 116 Å². The second-order valence-electron chi connectivity index (χ2n) is 3.57. The van der Waals surface area contributed by atoms with Gasteiger partial charge in [-0.2, -0.15) is 13.6 Å². The molecule has 0 bridgehead atoms. The standard InChI is InChI=1S/C11H14NO3PS2/c1-13-16(14-2,15-3)8-6-4-5-7-9-10(8)12-11(17)18-9/h4-8H,1-3H3/p+1. The van der Waals surface area contributed by atoms with Crippen LogP contribution < -0.4 is 0 Å². The van der Waals surface area contributed by atoms with Crippen LogP contribution in [0.2, 0.25) is 0 Å². The number of aromatic nitrogens is 1. The molecule has 0 spiro atoms. The molecule has 1 aliphatic rings. The first-order valence-electron chi connectivity index (χ1n) is 5.30. The first-order valence-corrected chi connectivity index (χ1v) is 8.14. The number of H-pyrrole nitrogens is 1. The van der Waals surface area contributed by atoms with E-state index < -0.39 is 7.94 Å². The van der Waals surface area contributed by atoms with Gasteiger partial charge in [0.15, 0.2) is 3.95 Å². The Hall–Kier alpha value is -0.360. The van der Waals surface area contributed by atoms with E-state index in [0.717, 1.165) is 14.5 Å². The second-order valence-corrected chi connectivity index (χ2v) is 8.02. The van der Waals surface area contributed by atoms with Gasteiger partial charge in [0.05, 0.1) is 31.9 Å². The molecule has 1 aromatic rings. The van der Waals surface area contributed by atoms with Gasteiger partial charge < -0.3 is 4.98 Å². The van der Waals surface area contributed by atoms with Crippen LogP contribution in [0, 0.1) is 3.95 Å². The molecule has 1 unspecified atom stereocenters. The summed E-state index contributed by atoms with van der Waals surface area (Å²) >= 11 is 6.74. The minimum absolute atomic E-state index is 0.101. The summed E-state index contributed by atoms with van der Waals surface area (Å²) in [6.45, 7) is 0. The molecule has 18 heavy (non-hydrogen) atoms. The average Bonchev–Trinajstić information content (AvgIpc) is 2.64. The topological polar surface area (TPSA) is 43.5 Å². The Morgan fingerprint density at radius 1 is 1.22 bits per heavy atom. The van der Waals surface area contributed by atoms with Gasteiger partial charge in [-0.1, -0.05) is 12.2 Å². The highest BCUT2D eigenvalue weighted by Crippen LogP contribution is 2.72. The van der Waals surface area contributed by atoms with Crippen LogP contribution in [0.15, 0.2) is 18.2 Å². The predicted octanol–water partition coefficient (Wildman–Crippen LogP) is 4.13. The van der Waals surface area contributed by atoms with Crippen molar-refractivity contribution in [1.29, 1.82) is 0 Å². The van der Waals surface area contributed by atoms with Crippen molar-refractivity contribution in [2.24, 2.45) is 0 Å². The third-order valence-electron chi connectivity index (χ3n) is 2.76. The molecule has 1 atom stereocenters. The van der Waals surface area contributed by atoms with Gasteiger partial charge in [-0.25, -0.2) is 0 Å². The average molecular weight is 304 g/mol. The van der Waals surface area contributed by atoms with Crippen LogP contribution in [0.1, 0.15) is 16.2 Å². The number of thiazole rings is 1. The Morgan fingerprint density at radius 3 is 2.50 bits per heavy atom. The van der Waals surface area contributed by atoms with Gasteiger partial charge in [-0.05, 0) is 24.4 Å². The normalized spacial score (nSPS) is 18.7. The maximum Gasteiger partial charge on any atom is 0.424 e. The molecule has 0 saturated heterocycles. The van der Waals surface area contributed by atoms with Crippen molar-refractivity contribution in [2.75, 3.05) is 21.3 Å². The molecule has 0 radical (unpaired) electrons. The minimum atomic E-state index is -2.46. The third-order valence-corrected chi connectivity index (χ3v) is 6.61. The maximum atomic E-state index is 5.54. The number of hydrogen-bond acceptors (Lipinski definition) is 5. The quantitative estimate of drug-likeness (QED) is 0.671. The highest BCUT2D eigenvalue weighted by atomic mass is 32.1. The second kappa shape index (κ2) is 5.74. The zero-order valence-electron chi connectivity index (χ0n) is 10.4. The monoisotopic (exact) mass is 304 g/mol. The largest absolute Gasteiger partial charge is 0.424 e. The van der Waals surface area contributed by atoms with E-state index in [2.05, 4.69) is 4.98 Å². The van der Waals surface area contributed by atoms with Crippen molar-refractivity contribution in [1.82, 2.24) is 4.98 Å². The molecule has 1 N–H and O–H groups in total. The number of rotatable bonds is 4. The highest BCUT2D eigenvalue weighted by molar-refractivity contribution is 7.73. The van der Waals surface area contributed by atoms with Crippen LogP contribution in [-0.4, -0.2) is 26.3 Å². The van der Waals surface area contributed by atoms with E-state index in [4.69, 9.17) is 25.8 Å². The molecule has 0 amide bonds. The third kappa shape index (κ3) is 2.37. The summed E-state index contributed by atoms with van der Waals surface area (Å²) in [6, 6.07) is 0. The lowest BCUT2D eigenvalue weighted by Gasteiger charge is -2.23. The van der Waals surface area contributed by atoms with Crippen LogP contribution in [0.3, 0.4) is 0 Å². The molecule has 4 nitrogen and oxygen atoms in total. The fourth-order valence-corrected chi connectivity index (χ4v) is 5.15. The number of allylic oxidation sites excluding steroid dienone is 3. The lowest BCUT2D eigenvalue weighted by Crippen LogP contribution is -2.10. The molecule has 0 aliphatic heterocycles. The molecule has 1 aromatic heterocycles. The van der Waals surface area contributed by atoms with Crippen LogP contribution in [-0.2, 0) is 13.6 Å². The fraction of sp³-hybridized carbons (Fsp3) is 0.364. The first-order chi connectivity index (χ1) is 8.66. The number of nitrogens with one attached hydrogen (secondary N) is 1. The lowest BCUT2D eigenvalue weighted by atomic mass is 10.3. The molecule has 2 rings (SSSR count). The van der Waals surface area contributed by atoms with Crippen molar-refractivity contribution >= 4 is 37.6 Å². The van der Waals surface area contributed by atoms with E-state index in [0.29, 0.717) is 0 Å². The van der Waals surface area contributed by atoms with E-state index in [9.17, 15) is 0 Å². The number of aromatic amines is 1. The van der Waals surface area contributed by atoms with Gasteiger partial charge in [-0.3, -0.25) is 0 Å². The molecule has 0 fully saturated rings. The summed E-state index contributed by atoms with van der Waals surface area (Å²) in [7, 11) is 2.36. The molecular formula is C11H15NO3PS2+. The Bertz CT molecular complexity index is 522. The number of fused-ring (bicyclic) bond motifs is 1. The summed E-state index contributed by atoms with van der Waals surface area (Å²) in [5, 5.41) is 0. The van der Waals surface area contributed by atoms with Crippen molar-refractivity contribution < 1.29 is 13.6 Å². The van der Waals surface area contributed by atoms with Crippen LogP contribution in [0.4, 0.5) is 0 Å². The van der Waals surface area contributed by atoms with Gasteiger partial charge in [-0.15, -0.1) is 11.3 Å². The van der Waals surface area contributed by atoms with Crippen LogP contribution >= 0.6 is 31.5 Å². The van der Waals surface area contributed by atoms with E-state index in [-0.39, 0.29) is 5.66 Å². The van der Waals surface area contributed by atoms with Gasteiger partial charge in [0, 0.05) is 0 Å². The van der Waals surface area contributed by atoms with Gasteiger partial charge in [0.1, 0.15) is 0 Å². The van der Waals surface area contributed by atoms with Gasteiger partial charge >= 0.3 is 7.94 Å². The summed E-state index contributed by atoms with van der Waals surface area (Å²) in [5.74, 6) is 0. The van der Waals surface area contributed by atoms with Crippen molar-refractivity contribution in [3.63, 3.8) is 0 Å². The fourth-order valence-electron chi connectivity index (χ4n) is 1.93. The molecule has 0 saturated carbocycles. The molecule has 1 heterocycles. The molecule has 7 heteroatoms. The minimum Gasteiger partial charge on any atom is -0.337 e. The van der Waals surface area contributed by atoms with E-state index in [1.807, 2.05) is 24.3 Å². The molecule has 0 aromatic carbocycles. The van der Waals surface area contributed by atoms with E-state index >= 15 is 0 Å². The maximum absolute atomic E-state index is 5.54. The zero-order chi connectivity index (χ0) is 13.2. The summed E-state index contributed by atoms with van der Waals surface area (Å²) < 4.78 is 17.3. The Morgan fingerprint density at radius 2 is 1.89 bits per heavy atom. The van der Waals surface area contributed by atoms with E-state index in [1.165, 1.54) is 11.3 Å². The summed E-state index contributed by atoms with van der Waals surface area (Å²) in [4.78, 5) is 4.30. The Balaban J connectivity index is 2.54. The van der Waals surface area contributed by atoms with E-state index in [1.54, 1.807) is 21.3 Å². The zero-order valence-corrected chi connectivity index (χ0v) is 12.9. The van der Waals surface area contributed by atoms with Crippen molar-refractivity contribution in [3.05, 3.63) is 32.8 Å². The van der Waals surface area contributed by atoms with Gasteiger partial charge in [0.25, 0.3) is 0 Å². The smallest absolute Gasteiger partial charge is 0.337 e. The van der Waals surface area contributed by atoms with Crippen molar-refractivity contribution in [2.45, 2.75) is 5.66 Å². The highest BCUT2D eigenvalue weighted by Gasteiger charge is 2.52. The SMILES string of the molecule is CO[P+](OC)(OC)C1C=CC=Cc2sc(=S)[nH]c21. The van der Waals surface area contributed by atoms with Crippen molar-refractivity contribution in [3.8, 4) is 0 Å². The van der Waals surface area contributed by atoms with Gasteiger partial charge in [0.2, 0.25) is 5.66 Å². The predicted molar refractivity (Wildman–Crippen MR) is 78.4 cm³/mol. The lowest BCUT2D eigenvalue weighted by molar-refractivity contribution is 0.204. The summed E-state index contributed by atoms with van der Waals surface area (Å²) in [5.41, 5.74) is 0.893. The van der Waals surface area contributed by atoms with Crippen LogP contribution in [0.5, 0.6) is 0 Å². The molecular weight excluding hydrogens is 289 g/mol. The van der Waals surface area contributed by atoms with Crippen LogP contribution in [0.25, 0.3) is 6.08 Å². The number of hydrogen-bond donors (Lipinski definition) is 1. The molecule has 98 valence electrons. The summed E-state index contributed by atoms with van der Waals surface area (Å²) in [6.07, 6.45) is 8.00. The Kier molecular flexibility index (Phi) is 4.48. The molecule has 1 aliphatic carbocycles. The first kappa shape index (κ1) is 14.1.